The summed E-state index contributed by atoms with van der Waals surface area (Å²) in [7, 11) is 0. The van der Waals surface area contributed by atoms with E-state index >= 15 is 0 Å². The van der Waals surface area contributed by atoms with Crippen LogP contribution >= 0.6 is 15.9 Å². The molecule has 0 unspecified atom stereocenters. The molecule has 138 valence electrons. The number of carbonyl (C=O) groups is 1. The Labute approximate surface area is 161 Å². The number of rotatable bonds is 5. The van der Waals surface area contributed by atoms with Gasteiger partial charge in [0.1, 0.15) is 11.6 Å². The van der Waals surface area contributed by atoms with Crippen LogP contribution in [0.1, 0.15) is 12.0 Å². The average Bonchev–Trinajstić information content (AvgIpc) is 2.88. The molecule has 0 aromatic heterocycles. The summed E-state index contributed by atoms with van der Waals surface area (Å²) in [5.74, 6) is 0.462. The zero-order valence-electron chi connectivity index (χ0n) is 14.5. The molecular weight excluding hydrogens is 399 g/mol. The maximum atomic E-state index is 13.0. The molecule has 1 aliphatic heterocycles. The first-order valence-electron chi connectivity index (χ1n) is 8.74. The highest BCUT2D eigenvalue weighted by molar-refractivity contribution is 9.10. The number of halogens is 2. The number of amides is 1. The molecule has 0 saturated carbocycles. The van der Waals surface area contributed by atoms with E-state index in [9.17, 15) is 9.18 Å². The standard InChI is InChI=1S/C20H22BrFN2O2/c21-18-4-1-2-5-19(18)26-15-20(25)24-11-3-10-23(12-13-24)14-16-6-8-17(22)9-7-16/h1-2,4-9H,3,10-15H2. The SMILES string of the molecule is O=C(COc1ccccc1Br)N1CCCN(Cc2ccc(F)cc2)CC1. The van der Waals surface area contributed by atoms with Gasteiger partial charge in [0.05, 0.1) is 4.47 Å². The normalized spacial score (nSPS) is 15.5. The van der Waals surface area contributed by atoms with E-state index in [1.807, 2.05) is 41.3 Å². The van der Waals surface area contributed by atoms with Crippen LogP contribution in [0.3, 0.4) is 0 Å². The molecule has 0 radical (unpaired) electrons. The molecule has 1 aliphatic rings. The van der Waals surface area contributed by atoms with Gasteiger partial charge in [-0.3, -0.25) is 9.69 Å². The molecule has 0 bridgehead atoms. The molecule has 1 fully saturated rings. The minimum atomic E-state index is -0.216. The molecule has 1 amide bonds. The molecule has 0 atom stereocenters. The predicted molar refractivity (Wildman–Crippen MR) is 103 cm³/mol. The second-order valence-electron chi connectivity index (χ2n) is 6.36. The van der Waals surface area contributed by atoms with E-state index in [2.05, 4.69) is 20.8 Å². The van der Waals surface area contributed by atoms with Crippen molar-refractivity contribution >= 4 is 21.8 Å². The number of hydrogen-bond acceptors (Lipinski definition) is 3. The molecule has 0 aliphatic carbocycles. The highest BCUT2D eigenvalue weighted by Crippen LogP contribution is 2.23. The fourth-order valence-corrected chi connectivity index (χ4v) is 3.42. The number of ether oxygens (including phenoxy) is 1. The van der Waals surface area contributed by atoms with Crippen LogP contribution in [0.2, 0.25) is 0 Å². The molecule has 2 aromatic rings. The minimum absolute atomic E-state index is 0.00406. The number of nitrogens with zero attached hydrogens (tertiary/aromatic N) is 2. The summed E-state index contributed by atoms with van der Waals surface area (Å²) >= 11 is 3.42. The van der Waals surface area contributed by atoms with Gasteiger partial charge in [-0.1, -0.05) is 24.3 Å². The van der Waals surface area contributed by atoms with Gasteiger partial charge in [0.2, 0.25) is 0 Å². The number of carbonyl (C=O) groups excluding carboxylic acids is 1. The van der Waals surface area contributed by atoms with Crippen LogP contribution in [0.25, 0.3) is 0 Å². The van der Waals surface area contributed by atoms with Crippen LogP contribution in [-0.4, -0.2) is 48.5 Å². The topological polar surface area (TPSA) is 32.8 Å². The lowest BCUT2D eigenvalue weighted by Gasteiger charge is -2.22. The zero-order valence-corrected chi connectivity index (χ0v) is 16.1. The third kappa shape index (κ3) is 5.29. The Morgan fingerprint density at radius 2 is 1.81 bits per heavy atom. The first-order chi connectivity index (χ1) is 12.6. The Balaban J connectivity index is 1.49. The lowest BCUT2D eigenvalue weighted by molar-refractivity contribution is -0.133. The molecule has 1 saturated heterocycles. The Kier molecular flexibility index (Phi) is 6.63. The van der Waals surface area contributed by atoms with Gasteiger partial charge >= 0.3 is 0 Å². The number of benzene rings is 2. The summed E-state index contributed by atoms with van der Waals surface area (Å²) in [6.45, 7) is 3.96. The molecule has 26 heavy (non-hydrogen) atoms. The molecule has 3 rings (SSSR count). The van der Waals surface area contributed by atoms with Gasteiger partial charge in [-0.25, -0.2) is 4.39 Å². The van der Waals surface area contributed by atoms with E-state index in [-0.39, 0.29) is 18.3 Å². The van der Waals surface area contributed by atoms with Crippen molar-refractivity contribution in [3.63, 3.8) is 0 Å². The first-order valence-corrected chi connectivity index (χ1v) is 9.53. The van der Waals surface area contributed by atoms with Crippen molar-refractivity contribution in [1.82, 2.24) is 9.80 Å². The monoisotopic (exact) mass is 420 g/mol. The molecule has 6 heteroatoms. The van der Waals surface area contributed by atoms with E-state index in [4.69, 9.17) is 4.74 Å². The van der Waals surface area contributed by atoms with E-state index in [1.54, 1.807) is 0 Å². The quantitative estimate of drug-likeness (QED) is 0.738. The summed E-state index contributed by atoms with van der Waals surface area (Å²) < 4.78 is 19.5. The van der Waals surface area contributed by atoms with E-state index in [0.29, 0.717) is 12.3 Å². The van der Waals surface area contributed by atoms with Crippen LogP contribution in [-0.2, 0) is 11.3 Å². The van der Waals surface area contributed by atoms with Crippen molar-refractivity contribution in [2.45, 2.75) is 13.0 Å². The smallest absolute Gasteiger partial charge is 0.260 e. The highest BCUT2D eigenvalue weighted by Gasteiger charge is 2.19. The predicted octanol–water partition coefficient (Wildman–Crippen LogP) is 3.70. The zero-order chi connectivity index (χ0) is 18.4. The molecule has 4 nitrogen and oxygen atoms in total. The van der Waals surface area contributed by atoms with E-state index < -0.39 is 0 Å². The third-order valence-electron chi connectivity index (χ3n) is 4.45. The van der Waals surface area contributed by atoms with Gasteiger partial charge in [0.25, 0.3) is 5.91 Å². The van der Waals surface area contributed by atoms with E-state index in [1.165, 1.54) is 12.1 Å². The molecule has 0 spiro atoms. The van der Waals surface area contributed by atoms with Crippen LogP contribution in [0.5, 0.6) is 5.75 Å². The number of para-hydroxylation sites is 1. The molecular formula is C20H22BrFN2O2. The van der Waals surface area contributed by atoms with Gasteiger partial charge in [-0.05, 0) is 52.2 Å². The van der Waals surface area contributed by atoms with Gasteiger partial charge in [-0.2, -0.15) is 0 Å². The van der Waals surface area contributed by atoms with E-state index in [0.717, 1.165) is 42.6 Å². The Morgan fingerprint density at radius 3 is 2.58 bits per heavy atom. The van der Waals surface area contributed by atoms with Gasteiger partial charge < -0.3 is 9.64 Å². The fourth-order valence-electron chi connectivity index (χ4n) is 3.02. The molecule has 2 aromatic carbocycles. The summed E-state index contributed by atoms with van der Waals surface area (Å²) in [5.41, 5.74) is 1.09. The molecule has 0 N–H and O–H groups in total. The van der Waals surface area contributed by atoms with Crippen molar-refractivity contribution in [2.75, 3.05) is 32.8 Å². The van der Waals surface area contributed by atoms with Crippen LogP contribution < -0.4 is 4.74 Å². The van der Waals surface area contributed by atoms with Crippen LogP contribution in [0.15, 0.2) is 53.0 Å². The fraction of sp³-hybridized carbons (Fsp3) is 0.350. The van der Waals surface area contributed by atoms with Crippen molar-refractivity contribution < 1.29 is 13.9 Å². The highest BCUT2D eigenvalue weighted by atomic mass is 79.9. The van der Waals surface area contributed by atoms with Crippen molar-refractivity contribution in [1.29, 1.82) is 0 Å². The van der Waals surface area contributed by atoms with Crippen molar-refractivity contribution in [3.8, 4) is 5.75 Å². The second kappa shape index (κ2) is 9.14. The van der Waals surface area contributed by atoms with Crippen LogP contribution in [0.4, 0.5) is 4.39 Å². The van der Waals surface area contributed by atoms with Gasteiger partial charge in [-0.15, -0.1) is 0 Å². The van der Waals surface area contributed by atoms with Crippen LogP contribution in [0, 0.1) is 5.82 Å². The summed E-state index contributed by atoms with van der Waals surface area (Å²) in [6.07, 6.45) is 0.919. The lowest BCUT2D eigenvalue weighted by atomic mass is 10.2. The Hall–Kier alpha value is -1.92. The maximum Gasteiger partial charge on any atom is 0.260 e. The third-order valence-corrected chi connectivity index (χ3v) is 5.10. The Morgan fingerprint density at radius 1 is 1.04 bits per heavy atom. The average molecular weight is 421 g/mol. The molecule has 1 heterocycles. The minimum Gasteiger partial charge on any atom is -0.483 e. The maximum absolute atomic E-state index is 13.0. The summed E-state index contributed by atoms with van der Waals surface area (Å²) in [5, 5.41) is 0. The van der Waals surface area contributed by atoms with Crippen molar-refractivity contribution in [2.24, 2.45) is 0 Å². The van der Waals surface area contributed by atoms with Crippen molar-refractivity contribution in [3.05, 3.63) is 64.4 Å². The second-order valence-corrected chi connectivity index (χ2v) is 7.21. The lowest BCUT2D eigenvalue weighted by Crippen LogP contribution is -2.38. The Bertz CT molecular complexity index is 739. The van der Waals surface area contributed by atoms with Gasteiger partial charge in [0.15, 0.2) is 6.61 Å². The summed E-state index contributed by atoms with van der Waals surface area (Å²) in [6, 6.07) is 14.1. The first kappa shape index (κ1) is 18.9. The largest absolute Gasteiger partial charge is 0.483 e. The number of hydrogen-bond donors (Lipinski definition) is 0. The summed E-state index contributed by atoms with van der Waals surface area (Å²) in [4.78, 5) is 16.6. The van der Waals surface area contributed by atoms with Gasteiger partial charge in [0, 0.05) is 32.7 Å².